The fourth-order valence-corrected chi connectivity index (χ4v) is 1.12. The molecule has 1 heterocycles. The molecule has 1 aliphatic heterocycles. The van der Waals surface area contributed by atoms with Crippen molar-refractivity contribution < 1.29 is 19.0 Å². The molecule has 0 amide bonds. The zero-order chi connectivity index (χ0) is 9.41. The third-order valence-corrected chi connectivity index (χ3v) is 2.34. The summed E-state index contributed by atoms with van der Waals surface area (Å²) in [5.41, 5.74) is -1.31. The van der Waals surface area contributed by atoms with Crippen LogP contribution >= 0.6 is 0 Å². The van der Waals surface area contributed by atoms with E-state index in [-0.39, 0.29) is 0 Å². The number of methoxy groups -OCH3 is 1. The molecule has 0 aromatic heterocycles. The largest absolute Gasteiger partial charge is 0.509 e. The zero-order valence-corrected chi connectivity index (χ0v) is 7.84. The van der Waals surface area contributed by atoms with Crippen molar-refractivity contribution in [3.8, 4) is 0 Å². The topological polar surface area (TPSA) is 44.8 Å². The summed E-state index contributed by atoms with van der Waals surface area (Å²) < 4.78 is 14.9. The fourth-order valence-electron chi connectivity index (χ4n) is 1.12. The van der Waals surface area contributed by atoms with Gasteiger partial charge >= 0.3 is 6.16 Å². The van der Waals surface area contributed by atoms with E-state index in [9.17, 15) is 4.79 Å². The lowest BCUT2D eigenvalue weighted by Gasteiger charge is -2.31. The number of carbonyl (C=O) groups excluding carboxylic acids is 1. The van der Waals surface area contributed by atoms with Crippen molar-refractivity contribution >= 4 is 6.16 Å². The van der Waals surface area contributed by atoms with Crippen LogP contribution in [0.25, 0.3) is 0 Å². The molecule has 0 spiro atoms. The summed E-state index contributed by atoms with van der Waals surface area (Å²) in [6, 6.07) is 0. The van der Waals surface area contributed by atoms with E-state index in [0.717, 1.165) is 0 Å². The molecule has 12 heavy (non-hydrogen) atoms. The van der Waals surface area contributed by atoms with E-state index >= 15 is 0 Å². The van der Waals surface area contributed by atoms with Gasteiger partial charge in [-0.25, -0.2) is 4.79 Å². The number of hydrogen-bond donors (Lipinski definition) is 0. The van der Waals surface area contributed by atoms with Gasteiger partial charge in [0, 0.05) is 7.11 Å². The van der Waals surface area contributed by atoms with Crippen LogP contribution in [0.3, 0.4) is 0 Å². The molecule has 1 unspecified atom stereocenters. The van der Waals surface area contributed by atoms with Gasteiger partial charge in [-0.05, 0) is 20.8 Å². The van der Waals surface area contributed by atoms with Gasteiger partial charge in [-0.1, -0.05) is 0 Å². The first-order chi connectivity index (χ1) is 5.41. The first-order valence-electron chi connectivity index (χ1n) is 3.82. The van der Waals surface area contributed by atoms with Crippen molar-refractivity contribution in [2.24, 2.45) is 0 Å². The molecular formula is C8H14O4. The van der Waals surface area contributed by atoms with Crippen LogP contribution < -0.4 is 0 Å². The molecule has 0 radical (unpaired) electrons. The van der Waals surface area contributed by atoms with Gasteiger partial charge in [0.25, 0.3) is 0 Å². The van der Waals surface area contributed by atoms with Gasteiger partial charge in [0.05, 0.1) is 6.61 Å². The second-order valence-electron chi connectivity index (χ2n) is 3.63. The van der Waals surface area contributed by atoms with E-state index in [1.54, 1.807) is 27.9 Å². The summed E-state index contributed by atoms with van der Waals surface area (Å²) in [5.74, 6) is 0. The van der Waals surface area contributed by atoms with Gasteiger partial charge < -0.3 is 14.2 Å². The molecule has 1 atom stereocenters. The Morgan fingerprint density at radius 3 is 2.25 bits per heavy atom. The Morgan fingerprint density at radius 2 is 1.92 bits per heavy atom. The van der Waals surface area contributed by atoms with Crippen LogP contribution in [0.5, 0.6) is 0 Å². The minimum Gasteiger partial charge on any atom is -0.424 e. The minimum absolute atomic E-state index is 0.339. The van der Waals surface area contributed by atoms with Crippen molar-refractivity contribution in [1.29, 1.82) is 0 Å². The molecule has 1 fully saturated rings. The summed E-state index contributed by atoms with van der Waals surface area (Å²) in [6.45, 7) is 5.74. The molecular weight excluding hydrogens is 160 g/mol. The van der Waals surface area contributed by atoms with E-state index in [1.165, 1.54) is 0 Å². The second kappa shape index (κ2) is 2.62. The smallest absolute Gasteiger partial charge is 0.424 e. The Morgan fingerprint density at radius 1 is 1.33 bits per heavy atom. The van der Waals surface area contributed by atoms with E-state index in [0.29, 0.717) is 6.61 Å². The molecule has 70 valence electrons. The van der Waals surface area contributed by atoms with Gasteiger partial charge in [0.1, 0.15) is 0 Å². The van der Waals surface area contributed by atoms with Crippen LogP contribution in [0.2, 0.25) is 0 Å². The maximum atomic E-state index is 10.8. The van der Waals surface area contributed by atoms with Crippen LogP contribution in [0.1, 0.15) is 20.8 Å². The van der Waals surface area contributed by atoms with Gasteiger partial charge in [-0.15, -0.1) is 0 Å². The first kappa shape index (κ1) is 9.32. The molecule has 0 aliphatic carbocycles. The average Bonchev–Trinajstić information content (AvgIpc) is 2.02. The molecule has 4 heteroatoms. The Balaban J connectivity index is 2.82. The van der Waals surface area contributed by atoms with Crippen molar-refractivity contribution in [2.75, 3.05) is 13.7 Å². The molecule has 0 bridgehead atoms. The normalized spacial score (nSPS) is 32.8. The van der Waals surface area contributed by atoms with E-state index in [1.807, 2.05) is 0 Å². The number of hydrogen-bond acceptors (Lipinski definition) is 4. The molecule has 4 nitrogen and oxygen atoms in total. The van der Waals surface area contributed by atoms with Gasteiger partial charge in [0.2, 0.25) is 0 Å². The minimum atomic E-state index is -0.682. The van der Waals surface area contributed by atoms with Crippen LogP contribution in [-0.2, 0) is 14.2 Å². The molecule has 0 N–H and O–H groups in total. The Kier molecular flexibility index (Phi) is 2.04. The Hall–Kier alpha value is -0.770. The zero-order valence-electron chi connectivity index (χ0n) is 7.84. The van der Waals surface area contributed by atoms with Crippen molar-refractivity contribution in [3.05, 3.63) is 0 Å². The van der Waals surface area contributed by atoms with Gasteiger partial charge in [0.15, 0.2) is 11.2 Å². The number of ether oxygens (including phenoxy) is 3. The lowest BCUT2D eigenvalue weighted by molar-refractivity contribution is -0.0602. The summed E-state index contributed by atoms with van der Waals surface area (Å²) in [5, 5.41) is 0. The van der Waals surface area contributed by atoms with Gasteiger partial charge in [-0.3, -0.25) is 0 Å². The SMILES string of the molecule is COCC1(C)OC(=O)OC1(C)C. The lowest BCUT2D eigenvalue weighted by atomic mass is 9.89. The Bertz CT molecular complexity index is 199. The molecule has 0 aromatic rings. The van der Waals surface area contributed by atoms with E-state index < -0.39 is 17.4 Å². The molecule has 0 saturated carbocycles. The third-order valence-electron chi connectivity index (χ3n) is 2.34. The average molecular weight is 174 g/mol. The fraction of sp³-hybridized carbons (Fsp3) is 0.875. The number of rotatable bonds is 2. The van der Waals surface area contributed by atoms with Crippen LogP contribution in [0.4, 0.5) is 4.79 Å². The molecule has 0 aromatic carbocycles. The highest BCUT2D eigenvalue weighted by molar-refractivity contribution is 5.64. The van der Waals surface area contributed by atoms with Crippen LogP contribution in [0.15, 0.2) is 0 Å². The third kappa shape index (κ3) is 1.27. The highest BCUT2D eigenvalue weighted by Crippen LogP contribution is 2.36. The quantitative estimate of drug-likeness (QED) is 0.592. The molecule has 1 aliphatic rings. The second-order valence-corrected chi connectivity index (χ2v) is 3.63. The Labute approximate surface area is 71.8 Å². The van der Waals surface area contributed by atoms with Crippen LogP contribution in [0, 0.1) is 0 Å². The highest BCUT2D eigenvalue weighted by Gasteiger charge is 2.54. The van der Waals surface area contributed by atoms with Gasteiger partial charge in [-0.2, -0.15) is 0 Å². The predicted molar refractivity (Wildman–Crippen MR) is 41.9 cm³/mol. The van der Waals surface area contributed by atoms with Crippen molar-refractivity contribution in [3.63, 3.8) is 0 Å². The lowest BCUT2D eigenvalue weighted by Crippen LogP contribution is -2.48. The molecule has 1 saturated heterocycles. The van der Waals surface area contributed by atoms with E-state index in [2.05, 4.69) is 0 Å². The first-order valence-corrected chi connectivity index (χ1v) is 3.82. The van der Waals surface area contributed by atoms with Crippen LogP contribution in [-0.4, -0.2) is 31.1 Å². The highest BCUT2D eigenvalue weighted by atomic mass is 16.8. The summed E-state index contributed by atoms with van der Waals surface area (Å²) in [4.78, 5) is 10.8. The maximum Gasteiger partial charge on any atom is 0.509 e. The summed E-state index contributed by atoms with van der Waals surface area (Å²) in [7, 11) is 1.56. The van der Waals surface area contributed by atoms with Crippen molar-refractivity contribution in [2.45, 2.75) is 32.0 Å². The van der Waals surface area contributed by atoms with Crippen molar-refractivity contribution in [1.82, 2.24) is 0 Å². The number of cyclic esters (lactones) is 2. The van der Waals surface area contributed by atoms with E-state index in [4.69, 9.17) is 14.2 Å². The predicted octanol–water partition coefficient (Wildman–Crippen LogP) is 1.34. The maximum absolute atomic E-state index is 10.8. The summed E-state index contributed by atoms with van der Waals surface area (Å²) in [6.07, 6.45) is -0.625. The molecule has 1 rings (SSSR count). The number of carbonyl (C=O) groups is 1. The monoisotopic (exact) mass is 174 g/mol. The summed E-state index contributed by atoms with van der Waals surface area (Å²) >= 11 is 0. The standard InChI is InChI=1S/C8H14O4/c1-7(2)8(3,5-10-4)12-6(9)11-7/h5H2,1-4H3.